The predicted molar refractivity (Wildman–Crippen MR) is 76.2 cm³/mol. The van der Waals surface area contributed by atoms with Crippen LogP contribution in [0, 0.1) is 5.41 Å². The normalized spacial score (nSPS) is 21.3. The van der Waals surface area contributed by atoms with Gasteiger partial charge in [0.05, 0.1) is 0 Å². The van der Waals surface area contributed by atoms with Gasteiger partial charge in [0.15, 0.2) is 0 Å². The average molecular weight is 258 g/mol. The van der Waals surface area contributed by atoms with Crippen molar-refractivity contribution in [1.82, 2.24) is 10.2 Å². The van der Waals surface area contributed by atoms with Crippen LogP contribution in [0.15, 0.2) is 18.2 Å². The molecule has 1 aromatic carbocycles. The van der Waals surface area contributed by atoms with Gasteiger partial charge >= 0.3 is 0 Å². The van der Waals surface area contributed by atoms with E-state index in [9.17, 15) is 4.79 Å². The van der Waals surface area contributed by atoms with Gasteiger partial charge in [-0.15, -0.1) is 0 Å². The number of carbonyl (C=O) groups excluding carboxylic acids is 1. The topological polar surface area (TPSA) is 32.3 Å². The van der Waals surface area contributed by atoms with E-state index in [-0.39, 0.29) is 11.3 Å². The second-order valence-electron chi connectivity index (χ2n) is 6.55. The number of rotatable bonds is 1. The Bertz CT molecular complexity index is 507. The molecule has 1 N–H and O–H groups in total. The summed E-state index contributed by atoms with van der Waals surface area (Å²) >= 11 is 0. The van der Waals surface area contributed by atoms with Crippen LogP contribution < -0.4 is 5.32 Å². The molecular formula is C16H22N2O. The monoisotopic (exact) mass is 258 g/mol. The summed E-state index contributed by atoms with van der Waals surface area (Å²) in [7, 11) is 0. The molecule has 1 saturated heterocycles. The summed E-state index contributed by atoms with van der Waals surface area (Å²) < 4.78 is 0. The Hall–Kier alpha value is -1.35. The molecule has 2 heterocycles. The van der Waals surface area contributed by atoms with Crippen LogP contribution in [-0.2, 0) is 13.0 Å². The van der Waals surface area contributed by atoms with Crippen LogP contribution in [0.4, 0.5) is 0 Å². The standard InChI is InChI=1S/C16H22N2O/c1-16(2)6-8-18(11-16)15(19)13-4-3-12-5-7-17-10-14(12)9-13/h3-4,9,17H,5-8,10-11H2,1-2H3. The van der Waals surface area contributed by atoms with Crippen molar-refractivity contribution < 1.29 is 4.79 Å². The van der Waals surface area contributed by atoms with Gasteiger partial charge in [0, 0.05) is 25.2 Å². The first kappa shape index (κ1) is 12.7. The number of amides is 1. The van der Waals surface area contributed by atoms with E-state index < -0.39 is 0 Å². The van der Waals surface area contributed by atoms with Gasteiger partial charge < -0.3 is 10.2 Å². The maximum atomic E-state index is 12.5. The molecule has 1 fully saturated rings. The molecule has 0 saturated carbocycles. The number of hydrogen-bond acceptors (Lipinski definition) is 2. The van der Waals surface area contributed by atoms with Crippen molar-refractivity contribution in [2.24, 2.45) is 5.41 Å². The lowest BCUT2D eigenvalue weighted by molar-refractivity contribution is 0.0778. The van der Waals surface area contributed by atoms with Crippen LogP contribution >= 0.6 is 0 Å². The molecule has 0 aliphatic carbocycles. The molecule has 2 aliphatic rings. The molecule has 102 valence electrons. The maximum absolute atomic E-state index is 12.5. The summed E-state index contributed by atoms with van der Waals surface area (Å²) in [5.41, 5.74) is 3.79. The van der Waals surface area contributed by atoms with Gasteiger partial charge in [0.2, 0.25) is 0 Å². The molecule has 1 aromatic rings. The SMILES string of the molecule is CC1(C)CCN(C(=O)c2ccc3c(c2)CNCC3)C1. The lowest BCUT2D eigenvalue weighted by Gasteiger charge is -2.22. The van der Waals surface area contributed by atoms with Gasteiger partial charge in [-0.3, -0.25) is 4.79 Å². The molecule has 0 aromatic heterocycles. The summed E-state index contributed by atoms with van der Waals surface area (Å²) in [4.78, 5) is 14.5. The molecule has 0 spiro atoms. The molecule has 0 unspecified atom stereocenters. The van der Waals surface area contributed by atoms with Crippen LogP contribution in [0.3, 0.4) is 0 Å². The molecule has 0 bridgehead atoms. The Morgan fingerprint density at radius 1 is 1.32 bits per heavy atom. The van der Waals surface area contributed by atoms with Crippen molar-refractivity contribution in [3.63, 3.8) is 0 Å². The summed E-state index contributed by atoms with van der Waals surface area (Å²) in [5, 5.41) is 3.36. The Labute approximate surface area is 115 Å². The van der Waals surface area contributed by atoms with E-state index in [4.69, 9.17) is 0 Å². The number of hydrogen-bond donors (Lipinski definition) is 1. The van der Waals surface area contributed by atoms with Gasteiger partial charge in [-0.2, -0.15) is 0 Å². The van der Waals surface area contributed by atoms with E-state index in [0.717, 1.165) is 44.6 Å². The fraction of sp³-hybridized carbons (Fsp3) is 0.562. The molecule has 3 nitrogen and oxygen atoms in total. The number of carbonyl (C=O) groups is 1. The Balaban J connectivity index is 1.81. The maximum Gasteiger partial charge on any atom is 0.253 e. The van der Waals surface area contributed by atoms with Gasteiger partial charge in [0.1, 0.15) is 0 Å². The fourth-order valence-corrected chi connectivity index (χ4v) is 3.08. The van der Waals surface area contributed by atoms with Crippen LogP contribution in [0.5, 0.6) is 0 Å². The van der Waals surface area contributed by atoms with Gasteiger partial charge in [-0.1, -0.05) is 19.9 Å². The second kappa shape index (κ2) is 4.64. The number of benzene rings is 1. The highest BCUT2D eigenvalue weighted by atomic mass is 16.2. The lowest BCUT2D eigenvalue weighted by atomic mass is 9.93. The number of likely N-dealkylation sites (tertiary alicyclic amines) is 1. The smallest absolute Gasteiger partial charge is 0.253 e. The summed E-state index contributed by atoms with van der Waals surface area (Å²) in [6.45, 7) is 8.17. The van der Waals surface area contributed by atoms with Gasteiger partial charge in [-0.05, 0) is 48.1 Å². The van der Waals surface area contributed by atoms with Crippen molar-refractivity contribution in [2.45, 2.75) is 33.2 Å². The molecular weight excluding hydrogens is 236 g/mol. The molecule has 2 aliphatic heterocycles. The predicted octanol–water partition coefficient (Wildman–Crippen LogP) is 2.20. The highest BCUT2D eigenvalue weighted by Gasteiger charge is 2.32. The van der Waals surface area contributed by atoms with Crippen molar-refractivity contribution in [3.05, 3.63) is 34.9 Å². The first-order chi connectivity index (χ1) is 9.05. The van der Waals surface area contributed by atoms with Crippen LogP contribution in [-0.4, -0.2) is 30.4 Å². The van der Waals surface area contributed by atoms with E-state index >= 15 is 0 Å². The van der Waals surface area contributed by atoms with Crippen LogP contribution in [0.1, 0.15) is 41.8 Å². The highest BCUT2D eigenvalue weighted by molar-refractivity contribution is 5.94. The van der Waals surface area contributed by atoms with Crippen molar-refractivity contribution >= 4 is 5.91 Å². The van der Waals surface area contributed by atoms with Gasteiger partial charge in [0.25, 0.3) is 5.91 Å². The lowest BCUT2D eigenvalue weighted by Crippen LogP contribution is -2.31. The first-order valence-corrected chi connectivity index (χ1v) is 7.17. The van der Waals surface area contributed by atoms with Crippen molar-refractivity contribution in [3.8, 4) is 0 Å². The molecule has 1 amide bonds. The number of fused-ring (bicyclic) bond motifs is 1. The van der Waals surface area contributed by atoms with Crippen molar-refractivity contribution in [1.29, 1.82) is 0 Å². The van der Waals surface area contributed by atoms with E-state index in [2.05, 4.69) is 31.3 Å². The van der Waals surface area contributed by atoms with Gasteiger partial charge in [-0.25, -0.2) is 0 Å². The molecule has 3 rings (SSSR count). The zero-order valence-electron chi connectivity index (χ0n) is 11.8. The minimum Gasteiger partial charge on any atom is -0.338 e. The van der Waals surface area contributed by atoms with E-state index in [1.54, 1.807) is 0 Å². The van der Waals surface area contributed by atoms with E-state index in [0.29, 0.717) is 0 Å². The Kier molecular flexibility index (Phi) is 3.09. The number of nitrogens with one attached hydrogen (secondary N) is 1. The van der Waals surface area contributed by atoms with E-state index in [1.165, 1.54) is 11.1 Å². The Morgan fingerprint density at radius 3 is 2.89 bits per heavy atom. The third kappa shape index (κ3) is 2.52. The average Bonchev–Trinajstić information content (AvgIpc) is 2.78. The highest BCUT2D eigenvalue weighted by Crippen LogP contribution is 2.30. The fourth-order valence-electron chi connectivity index (χ4n) is 3.08. The second-order valence-corrected chi connectivity index (χ2v) is 6.55. The van der Waals surface area contributed by atoms with E-state index in [1.807, 2.05) is 11.0 Å². The minimum absolute atomic E-state index is 0.193. The third-order valence-electron chi connectivity index (χ3n) is 4.30. The third-order valence-corrected chi connectivity index (χ3v) is 4.30. The summed E-state index contributed by atoms with van der Waals surface area (Å²) in [5.74, 6) is 0.193. The van der Waals surface area contributed by atoms with Crippen LogP contribution in [0.2, 0.25) is 0 Å². The zero-order valence-corrected chi connectivity index (χ0v) is 11.8. The minimum atomic E-state index is 0.193. The summed E-state index contributed by atoms with van der Waals surface area (Å²) in [6.07, 6.45) is 2.17. The molecule has 3 heteroatoms. The number of nitrogens with zero attached hydrogens (tertiary/aromatic N) is 1. The summed E-state index contributed by atoms with van der Waals surface area (Å²) in [6, 6.07) is 6.21. The van der Waals surface area contributed by atoms with Crippen molar-refractivity contribution in [2.75, 3.05) is 19.6 Å². The molecule has 0 radical (unpaired) electrons. The molecule has 0 atom stereocenters. The zero-order chi connectivity index (χ0) is 13.5. The quantitative estimate of drug-likeness (QED) is 0.837. The van der Waals surface area contributed by atoms with Crippen LogP contribution in [0.25, 0.3) is 0 Å². The largest absolute Gasteiger partial charge is 0.338 e. The first-order valence-electron chi connectivity index (χ1n) is 7.17. The molecule has 19 heavy (non-hydrogen) atoms. The Morgan fingerprint density at radius 2 is 2.16 bits per heavy atom.